The molecule has 8 nitrogen and oxygen atoms in total. The molecule has 0 unspecified atom stereocenters. The van der Waals surface area contributed by atoms with E-state index in [0.717, 1.165) is 37.7 Å². The summed E-state index contributed by atoms with van der Waals surface area (Å²) in [6.07, 6.45) is 2.09. The molecule has 0 radical (unpaired) electrons. The third kappa shape index (κ3) is 3.52. The van der Waals surface area contributed by atoms with Crippen molar-refractivity contribution in [2.24, 2.45) is 13.0 Å². The Morgan fingerprint density at radius 1 is 1.31 bits per heavy atom. The number of nitro benzene ring substituents is 1. The van der Waals surface area contributed by atoms with Gasteiger partial charge in [0.2, 0.25) is 5.95 Å². The molecule has 1 aromatic heterocycles. The van der Waals surface area contributed by atoms with E-state index in [2.05, 4.69) is 16.8 Å². The Morgan fingerprint density at radius 3 is 2.62 bits per heavy atom. The Labute approximate surface area is 155 Å². The van der Waals surface area contributed by atoms with Gasteiger partial charge in [-0.05, 0) is 24.8 Å². The van der Waals surface area contributed by atoms with Gasteiger partial charge in [0.05, 0.1) is 9.82 Å². The van der Waals surface area contributed by atoms with Crippen molar-refractivity contribution in [2.75, 3.05) is 23.7 Å². The number of nitro groups is 1. The van der Waals surface area contributed by atoms with Crippen LogP contribution < -0.4 is 16.2 Å². The summed E-state index contributed by atoms with van der Waals surface area (Å²) in [5, 5.41) is 11.2. The Morgan fingerprint density at radius 2 is 1.96 bits per heavy atom. The number of para-hydroxylation sites is 1. The van der Waals surface area contributed by atoms with Crippen molar-refractivity contribution < 1.29 is 4.92 Å². The standard InChI is InChI=1S/C17H21N5O3S/c1-11-7-9-21(10-8-11)17-19-15(18)14(16(23)20(17)2)26-13-6-4-3-5-12(13)22(24)25/h3-6,11H,7-10,18H2,1-2H3. The van der Waals surface area contributed by atoms with Gasteiger partial charge in [0.1, 0.15) is 10.7 Å². The number of nitrogens with zero attached hydrogens (tertiary/aromatic N) is 4. The predicted octanol–water partition coefficient (Wildman–Crippen LogP) is 2.66. The monoisotopic (exact) mass is 375 g/mol. The molecule has 2 N–H and O–H groups in total. The Bertz CT molecular complexity index is 890. The van der Waals surface area contributed by atoms with E-state index in [4.69, 9.17) is 5.73 Å². The molecule has 0 spiro atoms. The highest BCUT2D eigenvalue weighted by atomic mass is 32.2. The van der Waals surface area contributed by atoms with Crippen LogP contribution in [0.15, 0.2) is 38.9 Å². The molecule has 138 valence electrons. The maximum absolute atomic E-state index is 12.8. The summed E-state index contributed by atoms with van der Waals surface area (Å²) >= 11 is 0.985. The van der Waals surface area contributed by atoms with Gasteiger partial charge in [0.25, 0.3) is 11.2 Å². The van der Waals surface area contributed by atoms with Crippen LogP contribution >= 0.6 is 11.8 Å². The van der Waals surface area contributed by atoms with E-state index < -0.39 is 4.92 Å². The van der Waals surface area contributed by atoms with Crippen LogP contribution in [0, 0.1) is 16.0 Å². The lowest BCUT2D eigenvalue weighted by Gasteiger charge is -2.32. The fraction of sp³-hybridized carbons (Fsp3) is 0.412. The Hall–Kier alpha value is -2.55. The zero-order valence-corrected chi connectivity index (χ0v) is 15.5. The molecule has 2 aromatic rings. The zero-order valence-electron chi connectivity index (χ0n) is 14.7. The predicted molar refractivity (Wildman–Crippen MR) is 102 cm³/mol. The molecule has 3 rings (SSSR count). The number of hydrogen-bond donors (Lipinski definition) is 1. The molecule has 9 heteroatoms. The number of piperidine rings is 1. The maximum atomic E-state index is 12.8. The molecule has 2 heterocycles. The maximum Gasteiger partial charge on any atom is 0.283 e. The van der Waals surface area contributed by atoms with Crippen molar-refractivity contribution in [3.05, 3.63) is 44.7 Å². The molecule has 0 aliphatic carbocycles. The summed E-state index contributed by atoms with van der Waals surface area (Å²) in [6.45, 7) is 3.87. The summed E-state index contributed by atoms with van der Waals surface area (Å²) in [6, 6.07) is 6.27. The summed E-state index contributed by atoms with van der Waals surface area (Å²) < 4.78 is 1.48. The van der Waals surface area contributed by atoms with Crippen molar-refractivity contribution in [3.8, 4) is 0 Å². The molecule has 26 heavy (non-hydrogen) atoms. The number of anilines is 2. The number of nitrogen functional groups attached to an aromatic ring is 1. The van der Waals surface area contributed by atoms with Crippen LogP contribution in [0.25, 0.3) is 0 Å². The van der Waals surface area contributed by atoms with Gasteiger partial charge in [0.15, 0.2) is 0 Å². The van der Waals surface area contributed by atoms with E-state index in [1.165, 1.54) is 10.6 Å². The van der Waals surface area contributed by atoms with E-state index in [1.54, 1.807) is 25.2 Å². The van der Waals surface area contributed by atoms with Crippen molar-refractivity contribution in [3.63, 3.8) is 0 Å². The molecular formula is C17H21N5O3S. The van der Waals surface area contributed by atoms with E-state index in [1.807, 2.05) is 0 Å². The second-order valence-electron chi connectivity index (χ2n) is 6.49. The molecule has 1 aliphatic heterocycles. The molecule has 0 amide bonds. The van der Waals surface area contributed by atoms with E-state index in [-0.39, 0.29) is 22.0 Å². The molecule has 1 saturated heterocycles. The summed E-state index contributed by atoms with van der Waals surface area (Å²) in [7, 11) is 1.66. The molecule has 0 atom stereocenters. The largest absolute Gasteiger partial charge is 0.382 e. The van der Waals surface area contributed by atoms with Crippen LogP contribution in [0.5, 0.6) is 0 Å². The topological polar surface area (TPSA) is 107 Å². The molecular weight excluding hydrogens is 354 g/mol. The van der Waals surface area contributed by atoms with Crippen LogP contribution in [-0.4, -0.2) is 27.6 Å². The van der Waals surface area contributed by atoms with Crippen LogP contribution in [0.2, 0.25) is 0 Å². The summed E-state index contributed by atoms with van der Waals surface area (Å²) in [5.74, 6) is 1.31. The van der Waals surface area contributed by atoms with E-state index in [9.17, 15) is 14.9 Å². The first-order valence-corrected chi connectivity index (χ1v) is 9.23. The highest BCUT2D eigenvalue weighted by molar-refractivity contribution is 7.99. The lowest BCUT2D eigenvalue weighted by molar-refractivity contribution is -0.387. The summed E-state index contributed by atoms with van der Waals surface area (Å²) in [5.41, 5.74) is 5.70. The molecule has 1 fully saturated rings. The lowest BCUT2D eigenvalue weighted by Crippen LogP contribution is -2.38. The first-order chi connectivity index (χ1) is 12.4. The number of rotatable bonds is 4. The van der Waals surface area contributed by atoms with Crippen molar-refractivity contribution in [1.29, 1.82) is 0 Å². The van der Waals surface area contributed by atoms with Crippen molar-refractivity contribution in [2.45, 2.75) is 29.6 Å². The SMILES string of the molecule is CC1CCN(c2nc(N)c(Sc3ccccc3[N+](=O)[O-])c(=O)n2C)CC1. The highest BCUT2D eigenvalue weighted by Gasteiger charge is 2.23. The zero-order chi connectivity index (χ0) is 18.8. The Balaban J connectivity index is 1.97. The second kappa shape index (κ2) is 7.36. The molecule has 1 aromatic carbocycles. The molecule has 0 bridgehead atoms. The van der Waals surface area contributed by atoms with Gasteiger partial charge in [-0.1, -0.05) is 30.8 Å². The minimum absolute atomic E-state index is 0.0620. The van der Waals surface area contributed by atoms with Crippen molar-refractivity contribution >= 4 is 29.2 Å². The van der Waals surface area contributed by atoms with E-state index in [0.29, 0.717) is 16.8 Å². The summed E-state index contributed by atoms with van der Waals surface area (Å²) in [4.78, 5) is 30.6. The van der Waals surface area contributed by atoms with Gasteiger partial charge in [-0.25, -0.2) is 0 Å². The van der Waals surface area contributed by atoms with Crippen LogP contribution in [-0.2, 0) is 7.05 Å². The number of benzene rings is 1. The first kappa shape index (κ1) is 18.2. The van der Waals surface area contributed by atoms with Gasteiger partial charge in [-0.15, -0.1) is 0 Å². The smallest absolute Gasteiger partial charge is 0.283 e. The van der Waals surface area contributed by atoms with Gasteiger partial charge in [-0.3, -0.25) is 19.5 Å². The lowest BCUT2D eigenvalue weighted by atomic mass is 10.00. The van der Waals surface area contributed by atoms with Gasteiger partial charge < -0.3 is 10.6 Å². The molecule has 0 saturated carbocycles. The Kier molecular flexibility index (Phi) is 5.17. The van der Waals surface area contributed by atoms with Crippen molar-refractivity contribution in [1.82, 2.24) is 9.55 Å². The van der Waals surface area contributed by atoms with Crippen LogP contribution in [0.1, 0.15) is 19.8 Å². The van der Waals surface area contributed by atoms with Crippen LogP contribution in [0.4, 0.5) is 17.5 Å². The van der Waals surface area contributed by atoms with Gasteiger partial charge >= 0.3 is 0 Å². The average Bonchev–Trinajstić information content (AvgIpc) is 2.63. The van der Waals surface area contributed by atoms with Crippen LogP contribution in [0.3, 0.4) is 0 Å². The second-order valence-corrected chi connectivity index (χ2v) is 7.54. The normalized spacial score (nSPS) is 15.2. The fourth-order valence-electron chi connectivity index (χ4n) is 2.98. The fourth-order valence-corrected chi connectivity index (χ4v) is 3.97. The quantitative estimate of drug-likeness (QED) is 0.646. The number of aromatic nitrogens is 2. The third-order valence-corrected chi connectivity index (χ3v) is 5.75. The van der Waals surface area contributed by atoms with E-state index >= 15 is 0 Å². The molecule has 1 aliphatic rings. The minimum atomic E-state index is -0.473. The number of nitrogens with two attached hydrogens (primary N) is 1. The van der Waals surface area contributed by atoms with Gasteiger partial charge in [-0.2, -0.15) is 4.98 Å². The third-order valence-electron chi connectivity index (χ3n) is 4.59. The average molecular weight is 375 g/mol. The van der Waals surface area contributed by atoms with Gasteiger partial charge in [0, 0.05) is 26.2 Å². The first-order valence-electron chi connectivity index (χ1n) is 8.41. The highest BCUT2D eigenvalue weighted by Crippen LogP contribution is 2.35. The number of hydrogen-bond acceptors (Lipinski definition) is 7. The minimum Gasteiger partial charge on any atom is -0.382 e.